The molecule has 1 N–H and O–H groups in total. The van der Waals surface area contributed by atoms with Crippen molar-refractivity contribution in [2.75, 3.05) is 27.2 Å². The first-order chi connectivity index (χ1) is 11.2. The molecule has 0 saturated carbocycles. The highest BCUT2D eigenvalue weighted by atomic mass is 15.2. The first kappa shape index (κ1) is 21.2. The molecule has 0 radical (unpaired) electrons. The average Bonchev–Trinajstić information content (AvgIpc) is 2.41. The Labute approximate surface area is 157 Å². The summed E-state index contributed by atoms with van der Waals surface area (Å²) in [6.45, 7) is 21.6. The van der Waals surface area contributed by atoms with E-state index in [-0.39, 0.29) is 0 Å². The fourth-order valence-electron chi connectivity index (χ4n) is 5.94. The molecule has 25 heavy (non-hydrogen) atoms. The molecule has 0 amide bonds. The standard InChI is InChI=1S/C22H45N3/c1-19(2)11-17(12-20(3,4)24(19)9)15-23-16-18-13-21(5,6)25(10)22(7,8)14-18/h17-18,23H,11-16H2,1-10H3. The average molecular weight is 352 g/mol. The van der Waals surface area contributed by atoms with Gasteiger partial charge in [-0.25, -0.2) is 0 Å². The lowest BCUT2D eigenvalue weighted by Gasteiger charge is -2.54. The zero-order valence-corrected chi connectivity index (χ0v) is 18.8. The van der Waals surface area contributed by atoms with Gasteiger partial charge in [0.25, 0.3) is 0 Å². The molecule has 0 spiro atoms. The summed E-state index contributed by atoms with van der Waals surface area (Å²) in [5.41, 5.74) is 1.19. The van der Waals surface area contributed by atoms with Crippen molar-refractivity contribution in [3.63, 3.8) is 0 Å². The van der Waals surface area contributed by atoms with Crippen molar-refractivity contribution in [2.24, 2.45) is 11.8 Å². The van der Waals surface area contributed by atoms with Crippen LogP contribution in [-0.4, -0.2) is 59.1 Å². The number of rotatable bonds is 4. The smallest absolute Gasteiger partial charge is 0.0158 e. The number of likely N-dealkylation sites (tertiary alicyclic amines) is 2. The van der Waals surface area contributed by atoms with E-state index in [2.05, 4.69) is 84.6 Å². The van der Waals surface area contributed by atoms with E-state index in [1.165, 1.54) is 38.8 Å². The van der Waals surface area contributed by atoms with Gasteiger partial charge in [0.05, 0.1) is 0 Å². The fraction of sp³-hybridized carbons (Fsp3) is 1.00. The maximum Gasteiger partial charge on any atom is 0.0158 e. The van der Waals surface area contributed by atoms with Crippen molar-refractivity contribution < 1.29 is 0 Å². The third-order valence-corrected chi connectivity index (χ3v) is 7.65. The summed E-state index contributed by atoms with van der Waals surface area (Å²) in [4.78, 5) is 5.16. The SMILES string of the molecule is CN1C(C)(C)CC(CNCC2CC(C)(C)N(C)C(C)(C)C2)CC1(C)C. The van der Waals surface area contributed by atoms with Crippen LogP contribution in [0.3, 0.4) is 0 Å². The molecule has 0 atom stereocenters. The maximum atomic E-state index is 3.87. The summed E-state index contributed by atoms with van der Waals surface area (Å²) in [5.74, 6) is 1.57. The molecule has 0 aromatic rings. The molecule has 3 nitrogen and oxygen atoms in total. The predicted molar refractivity (Wildman–Crippen MR) is 110 cm³/mol. The highest BCUT2D eigenvalue weighted by Gasteiger charge is 2.44. The minimum absolute atomic E-state index is 0.297. The van der Waals surface area contributed by atoms with Crippen LogP contribution >= 0.6 is 0 Å². The quantitative estimate of drug-likeness (QED) is 0.811. The molecule has 2 saturated heterocycles. The molecule has 0 aliphatic carbocycles. The third kappa shape index (κ3) is 4.59. The Morgan fingerprint density at radius 1 is 0.600 bits per heavy atom. The topological polar surface area (TPSA) is 18.5 Å². The Bertz CT molecular complexity index is 386. The van der Waals surface area contributed by atoms with Crippen LogP contribution in [0.25, 0.3) is 0 Å². The second-order valence-electron chi connectivity index (χ2n) is 11.6. The second kappa shape index (κ2) is 6.80. The van der Waals surface area contributed by atoms with Crippen molar-refractivity contribution >= 4 is 0 Å². The molecular weight excluding hydrogens is 306 g/mol. The first-order valence-electron chi connectivity index (χ1n) is 10.4. The van der Waals surface area contributed by atoms with Crippen molar-refractivity contribution in [3.8, 4) is 0 Å². The van der Waals surface area contributed by atoms with Crippen molar-refractivity contribution in [3.05, 3.63) is 0 Å². The van der Waals surface area contributed by atoms with Gasteiger partial charge in [-0.2, -0.15) is 0 Å². The van der Waals surface area contributed by atoms with E-state index >= 15 is 0 Å². The number of nitrogens with one attached hydrogen (secondary N) is 1. The van der Waals surface area contributed by atoms with Crippen molar-refractivity contribution in [2.45, 2.75) is 103 Å². The van der Waals surface area contributed by atoms with Gasteiger partial charge in [0.2, 0.25) is 0 Å². The lowest BCUT2D eigenvalue weighted by Crippen LogP contribution is -2.60. The minimum Gasteiger partial charge on any atom is -0.316 e. The number of hydrogen-bond acceptors (Lipinski definition) is 3. The van der Waals surface area contributed by atoms with Crippen molar-refractivity contribution in [1.29, 1.82) is 0 Å². The van der Waals surface area contributed by atoms with Gasteiger partial charge in [0, 0.05) is 22.2 Å². The van der Waals surface area contributed by atoms with Gasteiger partial charge in [-0.1, -0.05) is 0 Å². The van der Waals surface area contributed by atoms with Crippen LogP contribution < -0.4 is 5.32 Å². The molecule has 2 aliphatic rings. The van der Waals surface area contributed by atoms with Crippen molar-refractivity contribution in [1.82, 2.24) is 15.1 Å². The molecule has 2 aliphatic heterocycles. The highest BCUT2D eigenvalue weighted by Crippen LogP contribution is 2.41. The monoisotopic (exact) mass is 351 g/mol. The van der Waals surface area contributed by atoms with Gasteiger partial charge in [-0.05, 0) is 120 Å². The van der Waals surface area contributed by atoms with Crippen LogP contribution in [0.2, 0.25) is 0 Å². The molecule has 0 unspecified atom stereocenters. The van der Waals surface area contributed by atoms with E-state index in [4.69, 9.17) is 0 Å². The molecule has 0 aromatic carbocycles. The van der Waals surface area contributed by atoms with Crippen LogP contribution in [0.4, 0.5) is 0 Å². The van der Waals surface area contributed by atoms with E-state index in [1.807, 2.05) is 0 Å². The second-order valence-corrected chi connectivity index (χ2v) is 11.6. The van der Waals surface area contributed by atoms with E-state index < -0.39 is 0 Å². The van der Waals surface area contributed by atoms with Crippen LogP contribution in [-0.2, 0) is 0 Å². The molecular formula is C22H45N3. The van der Waals surface area contributed by atoms with Gasteiger partial charge >= 0.3 is 0 Å². The van der Waals surface area contributed by atoms with Gasteiger partial charge in [-0.15, -0.1) is 0 Å². The van der Waals surface area contributed by atoms with Gasteiger partial charge in [0.1, 0.15) is 0 Å². The fourth-order valence-corrected chi connectivity index (χ4v) is 5.94. The summed E-state index contributed by atoms with van der Waals surface area (Å²) in [6.07, 6.45) is 5.18. The Morgan fingerprint density at radius 3 is 1.08 bits per heavy atom. The lowest BCUT2D eigenvalue weighted by molar-refractivity contribution is -0.0351. The highest BCUT2D eigenvalue weighted by molar-refractivity contribution is 5.00. The van der Waals surface area contributed by atoms with Crippen LogP contribution in [0.5, 0.6) is 0 Å². The van der Waals surface area contributed by atoms with Gasteiger partial charge in [-0.3, -0.25) is 9.80 Å². The number of nitrogens with zero attached hydrogens (tertiary/aromatic N) is 2. The summed E-state index contributed by atoms with van der Waals surface area (Å²) in [7, 11) is 4.60. The van der Waals surface area contributed by atoms with Crippen LogP contribution in [0.1, 0.15) is 81.1 Å². The molecule has 2 fully saturated rings. The normalized spacial score (nSPS) is 30.5. The Morgan fingerprint density at radius 2 is 0.840 bits per heavy atom. The summed E-state index contributed by atoms with van der Waals surface area (Å²) in [6, 6.07) is 0. The van der Waals surface area contributed by atoms with E-state index in [9.17, 15) is 0 Å². The molecule has 0 aromatic heterocycles. The summed E-state index contributed by atoms with van der Waals surface area (Å²) in [5, 5.41) is 3.87. The van der Waals surface area contributed by atoms with E-state index in [0.29, 0.717) is 22.2 Å². The van der Waals surface area contributed by atoms with E-state index in [1.54, 1.807) is 0 Å². The predicted octanol–water partition coefficient (Wildman–Crippen LogP) is 4.37. The molecule has 148 valence electrons. The number of piperidine rings is 2. The Hall–Kier alpha value is -0.120. The maximum absolute atomic E-state index is 3.87. The van der Waals surface area contributed by atoms with E-state index in [0.717, 1.165) is 11.8 Å². The molecule has 3 heteroatoms. The summed E-state index contributed by atoms with van der Waals surface area (Å²) < 4.78 is 0. The third-order valence-electron chi connectivity index (χ3n) is 7.65. The summed E-state index contributed by atoms with van der Waals surface area (Å²) >= 11 is 0. The molecule has 0 bridgehead atoms. The van der Waals surface area contributed by atoms with Gasteiger partial charge < -0.3 is 5.32 Å². The molecule has 2 rings (SSSR count). The largest absolute Gasteiger partial charge is 0.316 e. The van der Waals surface area contributed by atoms with Gasteiger partial charge in [0.15, 0.2) is 0 Å². The Kier molecular flexibility index (Phi) is 5.76. The first-order valence-corrected chi connectivity index (χ1v) is 10.4. The van der Waals surface area contributed by atoms with Crippen LogP contribution in [0.15, 0.2) is 0 Å². The minimum atomic E-state index is 0.297. The molecule has 2 heterocycles. The van der Waals surface area contributed by atoms with Crippen LogP contribution in [0, 0.1) is 11.8 Å². The zero-order chi connectivity index (χ0) is 19.3. The number of hydrogen-bond donors (Lipinski definition) is 1. The lowest BCUT2D eigenvalue weighted by atomic mass is 9.73. The Balaban J connectivity index is 1.89. The zero-order valence-electron chi connectivity index (χ0n) is 18.8.